The van der Waals surface area contributed by atoms with Crippen molar-refractivity contribution >= 4 is 15.9 Å². The Hall–Kier alpha value is -0.680. The molecule has 2 rings (SSSR count). The molecule has 0 atom stereocenters. The summed E-state index contributed by atoms with van der Waals surface area (Å²) in [7, 11) is 0. The molecule has 15 heavy (non-hydrogen) atoms. The molecule has 0 aromatic carbocycles. The number of aromatic amines is 1. The van der Waals surface area contributed by atoms with Crippen molar-refractivity contribution in [1.29, 1.82) is 0 Å². The van der Waals surface area contributed by atoms with Crippen molar-refractivity contribution in [2.75, 3.05) is 13.1 Å². The lowest BCUT2D eigenvalue weighted by atomic mass is 9.93. The molecule has 0 amide bonds. The third-order valence-corrected chi connectivity index (χ3v) is 3.36. The summed E-state index contributed by atoms with van der Waals surface area (Å²) < 4.78 is 0.571. The summed E-state index contributed by atoms with van der Waals surface area (Å²) in [6, 6.07) is 1.82. The molecule has 1 aliphatic rings. The van der Waals surface area contributed by atoms with Crippen LogP contribution in [0.4, 0.5) is 0 Å². The number of piperidine rings is 1. The van der Waals surface area contributed by atoms with Crippen molar-refractivity contribution in [2.45, 2.75) is 19.3 Å². The van der Waals surface area contributed by atoms with Crippen LogP contribution in [0.3, 0.4) is 0 Å². The Morgan fingerprint density at radius 2 is 2.20 bits per heavy atom. The number of nitrogens with zero attached hydrogens (tertiary/aromatic N) is 1. The van der Waals surface area contributed by atoms with E-state index in [2.05, 4.69) is 31.4 Å². The van der Waals surface area contributed by atoms with E-state index in [0.29, 0.717) is 10.4 Å². The van der Waals surface area contributed by atoms with Crippen LogP contribution < -0.4 is 10.9 Å². The van der Waals surface area contributed by atoms with E-state index in [4.69, 9.17) is 0 Å². The lowest BCUT2D eigenvalue weighted by molar-refractivity contribution is 0.369. The molecule has 2 heterocycles. The van der Waals surface area contributed by atoms with Crippen molar-refractivity contribution in [3.8, 4) is 0 Å². The first-order valence-electron chi connectivity index (χ1n) is 5.20. The van der Waals surface area contributed by atoms with Gasteiger partial charge in [0.1, 0.15) is 0 Å². The largest absolute Gasteiger partial charge is 0.317 e. The van der Waals surface area contributed by atoms with Gasteiger partial charge in [0.2, 0.25) is 0 Å². The van der Waals surface area contributed by atoms with Gasteiger partial charge in [0.25, 0.3) is 5.56 Å². The Kier molecular flexibility index (Phi) is 3.53. The first-order valence-corrected chi connectivity index (χ1v) is 6.00. The molecule has 82 valence electrons. The van der Waals surface area contributed by atoms with Crippen molar-refractivity contribution < 1.29 is 0 Å². The summed E-state index contributed by atoms with van der Waals surface area (Å²) in [5, 5.41) is 9.87. The molecule has 1 aromatic rings. The summed E-state index contributed by atoms with van der Waals surface area (Å²) in [6.45, 7) is 2.18. The fourth-order valence-electron chi connectivity index (χ4n) is 1.91. The van der Waals surface area contributed by atoms with Crippen LogP contribution in [0, 0.1) is 5.92 Å². The zero-order chi connectivity index (χ0) is 10.7. The molecule has 1 aromatic heterocycles. The Balaban J connectivity index is 2.03. The molecule has 0 unspecified atom stereocenters. The van der Waals surface area contributed by atoms with Crippen molar-refractivity contribution in [3.05, 3.63) is 26.6 Å². The van der Waals surface area contributed by atoms with Crippen molar-refractivity contribution in [2.24, 2.45) is 5.92 Å². The summed E-state index contributed by atoms with van der Waals surface area (Å²) in [4.78, 5) is 11.1. The van der Waals surface area contributed by atoms with Gasteiger partial charge in [0, 0.05) is 0 Å². The van der Waals surface area contributed by atoms with Crippen molar-refractivity contribution in [1.82, 2.24) is 15.5 Å². The average Bonchev–Trinajstić information content (AvgIpc) is 2.25. The molecule has 1 fully saturated rings. The van der Waals surface area contributed by atoms with Crippen LogP contribution in [-0.2, 0) is 6.42 Å². The third kappa shape index (κ3) is 2.89. The Labute approximate surface area is 96.6 Å². The third-order valence-electron chi connectivity index (χ3n) is 2.77. The van der Waals surface area contributed by atoms with Crippen molar-refractivity contribution in [3.63, 3.8) is 0 Å². The van der Waals surface area contributed by atoms with E-state index >= 15 is 0 Å². The molecule has 1 saturated heterocycles. The van der Waals surface area contributed by atoms with E-state index in [1.807, 2.05) is 6.07 Å². The van der Waals surface area contributed by atoms with Gasteiger partial charge in [0.15, 0.2) is 0 Å². The predicted octanol–water partition coefficient (Wildman–Crippen LogP) is 1.07. The Morgan fingerprint density at radius 1 is 1.47 bits per heavy atom. The smallest absolute Gasteiger partial charge is 0.278 e. The molecular weight excluding hydrogens is 258 g/mol. The topological polar surface area (TPSA) is 57.8 Å². The van der Waals surface area contributed by atoms with Crippen LogP contribution in [-0.4, -0.2) is 23.3 Å². The summed E-state index contributed by atoms with van der Waals surface area (Å²) >= 11 is 3.21. The minimum absolute atomic E-state index is 0.163. The molecule has 0 spiro atoms. The van der Waals surface area contributed by atoms with E-state index < -0.39 is 0 Å². The standard InChI is InChI=1S/C10H14BrN3O/c11-9-6-8(13-14-10(9)15)5-7-1-3-12-4-2-7/h6-7,12H,1-5H2,(H,14,15). The first kappa shape index (κ1) is 10.8. The summed E-state index contributed by atoms with van der Waals surface area (Å²) in [5.74, 6) is 0.691. The van der Waals surface area contributed by atoms with E-state index in [9.17, 15) is 4.79 Å². The van der Waals surface area contributed by atoms with E-state index in [1.165, 1.54) is 12.8 Å². The Bertz CT molecular complexity index is 384. The number of aromatic nitrogens is 2. The minimum atomic E-state index is -0.163. The maximum Gasteiger partial charge on any atom is 0.278 e. The number of rotatable bonds is 2. The lowest BCUT2D eigenvalue weighted by Crippen LogP contribution is -2.29. The highest BCUT2D eigenvalue weighted by molar-refractivity contribution is 9.10. The molecule has 0 aliphatic carbocycles. The van der Waals surface area contributed by atoms with Gasteiger partial charge in [-0.3, -0.25) is 4.79 Å². The second kappa shape index (κ2) is 4.90. The highest BCUT2D eigenvalue weighted by Gasteiger charge is 2.14. The number of halogens is 1. The molecule has 0 radical (unpaired) electrons. The zero-order valence-corrected chi connectivity index (χ0v) is 10.0. The van der Waals surface area contributed by atoms with Gasteiger partial charge in [-0.05, 0) is 60.3 Å². The predicted molar refractivity (Wildman–Crippen MR) is 61.9 cm³/mol. The average molecular weight is 272 g/mol. The van der Waals surface area contributed by atoms with Gasteiger partial charge < -0.3 is 5.32 Å². The number of nitrogens with one attached hydrogen (secondary N) is 2. The van der Waals surface area contributed by atoms with Gasteiger partial charge in [-0.1, -0.05) is 0 Å². The molecule has 4 nitrogen and oxygen atoms in total. The number of H-pyrrole nitrogens is 1. The maximum atomic E-state index is 11.1. The normalized spacial score (nSPS) is 17.9. The highest BCUT2D eigenvalue weighted by atomic mass is 79.9. The fourth-order valence-corrected chi connectivity index (χ4v) is 2.26. The second-order valence-corrected chi connectivity index (χ2v) is 4.79. The molecule has 0 bridgehead atoms. The Morgan fingerprint density at radius 3 is 2.87 bits per heavy atom. The van der Waals surface area contributed by atoms with Gasteiger partial charge >= 0.3 is 0 Å². The van der Waals surface area contributed by atoms with Gasteiger partial charge in [-0.2, -0.15) is 5.10 Å². The van der Waals surface area contributed by atoms with Crippen LogP contribution in [0.1, 0.15) is 18.5 Å². The molecule has 1 aliphatic heterocycles. The SMILES string of the molecule is O=c1[nH]nc(CC2CCNCC2)cc1Br. The second-order valence-electron chi connectivity index (χ2n) is 3.93. The fraction of sp³-hybridized carbons (Fsp3) is 0.600. The maximum absolute atomic E-state index is 11.1. The first-order chi connectivity index (χ1) is 7.25. The van der Waals surface area contributed by atoms with Crippen LogP contribution in [0.5, 0.6) is 0 Å². The lowest BCUT2D eigenvalue weighted by Gasteiger charge is -2.21. The van der Waals surface area contributed by atoms with Crippen LogP contribution in [0.2, 0.25) is 0 Å². The van der Waals surface area contributed by atoms with E-state index in [-0.39, 0.29) is 5.56 Å². The zero-order valence-electron chi connectivity index (χ0n) is 8.42. The van der Waals surface area contributed by atoms with E-state index in [0.717, 1.165) is 25.2 Å². The van der Waals surface area contributed by atoms with Crippen LogP contribution in [0.25, 0.3) is 0 Å². The van der Waals surface area contributed by atoms with Crippen LogP contribution in [0.15, 0.2) is 15.3 Å². The molecule has 5 heteroatoms. The molecular formula is C10H14BrN3O. The highest BCUT2D eigenvalue weighted by Crippen LogP contribution is 2.17. The molecule has 2 N–H and O–H groups in total. The number of hydrogen-bond acceptors (Lipinski definition) is 3. The summed E-state index contributed by atoms with van der Waals surface area (Å²) in [6.07, 6.45) is 3.34. The minimum Gasteiger partial charge on any atom is -0.317 e. The quantitative estimate of drug-likeness (QED) is 0.846. The van der Waals surface area contributed by atoms with Gasteiger partial charge in [0.05, 0.1) is 10.2 Å². The summed E-state index contributed by atoms with van der Waals surface area (Å²) in [5.41, 5.74) is 0.803. The van der Waals surface area contributed by atoms with Gasteiger partial charge in [-0.25, -0.2) is 5.10 Å². The van der Waals surface area contributed by atoms with Crippen LogP contribution >= 0.6 is 15.9 Å². The number of hydrogen-bond donors (Lipinski definition) is 2. The van der Waals surface area contributed by atoms with E-state index in [1.54, 1.807) is 0 Å². The van der Waals surface area contributed by atoms with Gasteiger partial charge in [-0.15, -0.1) is 0 Å². The molecule has 0 saturated carbocycles. The monoisotopic (exact) mass is 271 g/mol.